The highest BCUT2D eigenvalue weighted by molar-refractivity contribution is 5.39. The third kappa shape index (κ3) is 6.88. The standard InChI is InChI=1S/C12H16F3NO3/c1-2-17-10-5-3-4-6-11(10)18-8-7-16-19-9-12(13,14)15/h3-6,16H,2,7-9H2,1H3. The van der Waals surface area contributed by atoms with Gasteiger partial charge < -0.3 is 9.47 Å². The fraction of sp³-hybridized carbons (Fsp3) is 0.500. The number of para-hydroxylation sites is 2. The molecule has 1 N–H and O–H groups in total. The lowest BCUT2D eigenvalue weighted by atomic mass is 10.3. The molecule has 0 spiro atoms. The molecular weight excluding hydrogens is 263 g/mol. The second-order valence-electron chi connectivity index (χ2n) is 3.53. The van der Waals surface area contributed by atoms with Gasteiger partial charge in [-0.3, -0.25) is 4.84 Å². The molecule has 0 fully saturated rings. The van der Waals surface area contributed by atoms with Crippen LogP contribution in [0.4, 0.5) is 13.2 Å². The molecule has 0 amide bonds. The van der Waals surface area contributed by atoms with Crippen molar-refractivity contribution in [3.8, 4) is 11.5 Å². The Morgan fingerprint density at radius 3 is 2.32 bits per heavy atom. The van der Waals surface area contributed by atoms with Gasteiger partial charge in [0.15, 0.2) is 18.1 Å². The van der Waals surface area contributed by atoms with Gasteiger partial charge in [0.05, 0.1) is 13.2 Å². The molecule has 19 heavy (non-hydrogen) atoms. The van der Waals surface area contributed by atoms with Crippen molar-refractivity contribution in [2.75, 3.05) is 26.4 Å². The molecule has 108 valence electrons. The molecule has 0 aliphatic heterocycles. The highest BCUT2D eigenvalue weighted by Gasteiger charge is 2.27. The molecule has 0 heterocycles. The van der Waals surface area contributed by atoms with Crippen molar-refractivity contribution in [2.45, 2.75) is 13.1 Å². The van der Waals surface area contributed by atoms with Crippen LogP contribution in [-0.4, -0.2) is 32.5 Å². The molecule has 0 aliphatic carbocycles. The molecule has 0 atom stereocenters. The van der Waals surface area contributed by atoms with Crippen LogP contribution in [0, 0.1) is 0 Å². The zero-order valence-corrected chi connectivity index (χ0v) is 10.5. The van der Waals surface area contributed by atoms with Gasteiger partial charge in [-0.15, -0.1) is 0 Å². The van der Waals surface area contributed by atoms with Gasteiger partial charge in [-0.05, 0) is 19.1 Å². The van der Waals surface area contributed by atoms with Crippen molar-refractivity contribution in [3.63, 3.8) is 0 Å². The van der Waals surface area contributed by atoms with E-state index in [9.17, 15) is 13.2 Å². The van der Waals surface area contributed by atoms with Gasteiger partial charge in [-0.25, -0.2) is 0 Å². The van der Waals surface area contributed by atoms with Crippen LogP contribution in [0.2, 0.25) is 0 Å². The van der Waals surface area contributed by atoms with Crippen LogP contribution < -0.4 is 15.0 Å². The fourth-order valence-electron chi connectivity index (χ4n) is 1.25. The van der Waals surface area contributed by atoms with E-state index in [-0.39, 0.29) is 13.2 Å². The van der Waals surface area contributed by atoms with Crippen molar-refractivity contribution in [2.24, 2.45) is 0 Å². The summed E-state index contributed by atoms with van der Waals surface area (Å²) in [4.78, 5) is 4.23. The van der Waals surface area contributed by atoms with E-state index in [1.807, 2.05) is 13.0 Å². The van der Waals surface area contributed by atoms with Crippen LogP contribution in [-0.2, 0) is 4.84 Å². The first-order valence-corrected chi connectivity index (χ1v) is 5.79. The molecule has 0 radical (unpaired) electrons. The molecule has 1 aromatic carbocycles. The normalized spacial score (nSPS) is 11.4. The summed E-state index contributed by atoms with van der Waals surface area (Å²) in [6.45, 7) is 1.33. The van der Waals surface area contributed by atoms with Gasteiger partial charge in [-0.1, -0.05) is 12.1 Å². The average Bonchev–Trinajstić information content (AvgIpc) is 2.34. The minimum atomic E-state index is -4.34. The summed E-state index contributed by atoms with van der Waals surface area (Å²) in [6.07, 6.45) is -4.34. The van der Waals surface area contributed by atoms with E-state index >= 15 is 0 Å². The van der Waals surface area contributed by atoms with Crippen molar-refractivity contribution in [1.82, 2.24) is 5.48 Å². The Kier molecular flexibility index (Phi) is 6.44. The number of rotatable bonds is 8. The number of ether oxygens (including phenoxy) is 2. The van der Waals surface area contributed by atoms with E-state index < -0.39 is 12.8 Å². The minimum Gasteiger partial charge on any atom is -0.490 e. The molecular formula is C12H16F3NO3. The van der Waals surface area contributed by atoms with E-state index in [2.05, 4.69) is 10.3 Å². The number of benzene rings is 1. The number of hydrogen-bond acceptors (Lipinski definition) is 4. The summed E-state index contributed by atoms with van der Waals surface area (Å²) < 4.78 is 46.0. The first kappa shape index (κ1) is 15.6. The molecule has 1 aromatic rings. The molecule has 0 saturated heterocycles. The molecule has 1 rings (SSSR count). The van der Waals surface area contributed by atoms with Crippen LogP contribution in [0.5, 0.6) is 11.5 Å². The highest BCUT2D eigenvalue weighted by Crippen LogP contribution is 2.26. The molecule has 7 heteroatoms. The van der Waals surface area contributed by atoms with Crippen LogP contribution in [0.1, 0.15) is 6.92 Å². The van der Waals surface area contributed by atoms with E-state index in [1.165, 1.54) is 0 Å². The van der Waals surface area contributed by atoms with Crippen LogP contribution in [0.25, 0.3) is 0 Å². The lowest BCUT2D eigenvalue weighted by Gasteiger charge is -2.12. The molecule has 0 aromatic heterocycles. The Bertz CT molecular complexity index is 371. The second kappa shape index (κ2) is 7.85. The Hall–Kier alpha value is -1.47. The van der Waals surface area contributed by atoms with E-state index in [0.29, 0.717) is 18.1 Å². The lowest BCUT2D eigenvalue weighted by molar-refractivity contribution is -0.189. The van der Waals surface area contributed by atoms with Crippen LogP contribution in [0.15, 0.2) is 24.3 Å². The Balaban J connectivity index is 2.22. The van der Waals surface area contributed by atoms with E-state index in [4.69, 9.17) is 9.47 Å². The first-order valence-electron chi connectivity index (χ1n) is 5.79. The quantitative estimate of drug-likeness (QED) is 0.586. The molecule has 0 aliphatic rings. The van der Waals surface area contributed by atoms with Gasteiger partial charge in [0.2, 0.25) is 0 Å². The van der Waals surface area contributed by atoms with Gasteiger partial charge in [0.1, 0.15) is 6.61 Å². The van der Waals surface area contributed by atoms with Gasteiger partial charge in [0, 0.05) is 0 Å². The zero-order chi connectivity index (χ0) is 14.1. The van der Waals surface area contributed by atoms with E-state index in [1.54, 1.807) is 18.2 Å². The number of hydrogen-bond donors (Lipinski definition) is 1. The van der Waals surface area contributed by atoms with Crippen molar-refractivity contribution >= 4 is 0 Å². The topological polar surface area (TPSA) is 39.7 Å². The largest absolute Gasteiger partial charge is 0.490 e. The first-order chi connectivity index (χ1) is 9.03. The summed E-state index contributed by atoms with van der Waals surface area (Å²) in [5, 5.41) is 0. The maximum Gasteiger partial charge on any atom is 0.413 e. The minimum absolute atomic E-state index is 0.135. The molecule has 0 saturated carbocycles. The van der Waals surface area contributed by atoms with Crippen LogP contribution >= 0.6 is 0 Å². The Labute approximate surface area is 109 Å². The summed E-state index contributed by atoms with van der Waals surface area (Å²) in [6, 6.07) is 7.07. The predicted octanol–water partition coefficient (Wildman–Crippen LogP) is 2.55. The van der Waals surface area contributed by atoms with Crippen LogP contribution in [0.3, 0.4) is 0 Å². The van der Waals surface area contributed by atoms with E-state index in [0.717, 1.165) is 0 Å². The van der Waals surface area contributed by atoms with Gasteiger partial charge in [0.25, 0.3) is 0 Å². The summed E-state index contributed by atoms with van der Waals surface area (Å²) in [7, 11) is 0. The Morgan fingerprint density at radius 1 is 1.11 bits per heavy atom. The summed E-state index contributed by atoms with van der Waals surface area (Å²) in [5.41, 5.74) is 2.18. The molecule has 0 unspecified atom stereocenters. The molecule has 0 bridgehead atoms. The van der Waals surface area contributed by atoms with Crippen molar-refractivity contribution in [3.05, 3.63) is 24.3 Å². The Morgan fingerprint density at radius 2 is 1.74 bits per heavy atom. The maximum absolute atomic E-state index is 11.8. The number of alkyl halides is 3. The van der Waals surface area contributed by atoms with Crippen molar-refractivity contribution in [1.29, 1.82) is 0 Å². The van der Waals surface area contributed by atoms with Gasteiger partial charge >= 0.3 is 6.18 Å². The van der Waals surface area contributed by atoms with Gasteiger partial charge in [-0.2, -0.15) is 18.7 Å². The zero-order valence-electron chi connectivity index (χ0n) is 10.5. The third-order valence-electron chi connectivity index (χ3n) is 1.95. The monoisotopic (exact) mass is 279 g/mol. The summed E-state index contributed by atoms with van der Waals surface area (Å²) >= 11 is 0. The number of halogens is 3. The highest BCUT2D eigenvalue weighted by atomic mass is 19.4. The molecule has 4 nitrogen and oxygen atoms in total. The third-order valence-corrected chi connectivity index (χ3v) is 1.95. The SMILES string of the molecule is CCOc1ccccc1OCCNOCC(F)(F)F. The smallest absolute Gasteiger partial charge is 0.413 e. The van der Waals surface area contributed by atoms with Crippen molar-refractivity contribution < 1.29 is 27.5 Å². The fourth-order valence-corrected chi connectivity index (χ4v) is 1.25. The predicted molar refractivity (Wildman–Crippen MR) is 63.1 cm³/mol. The number of hydroxylamine groups is 1. The summed E-state index contributed by atoms with van der Waals surface area (Å²) in [5.74, 6) is 1.14. The average molecular weight is 279 g/mol. The lowest BCUT2D eigenvalue weighted by Crippen LogP contribution is -2.27. The number of nitrogens with one attached hydrogen (secondary N) is 1. The second-order valence-corrected chi connectivity index (χ2v) is 3.53. The maximum atomic E-state index is 11.8.